The van der Waals surface area contributed by atoms with Gasteiger partial charge in [0, 0.05) is 44.1 Å². The summed E-state index contributed by atoms with van der Waals surface area (Å²) in [5.41, 5.74) is -0.330. The maximum Gasteiger partial charge on any atom is 0.416 e. The predicted octanol–water partition coefficient (Wildman–Crippen LogP) is 4.99. The van der Waals surface area contributed by atoms with Crippen LogP contribution >= 0.6 is 0 Å². The molecule has 1 aromatic carbocycles. The van der Waals surface area contributed by atoms with Crippen LogP contribution in [0.25, 0.3) is 0 Å². The molecule has 44 heavy (non-hydrogen) atoms. The van der Waals surface area contributed by atoms with Crippen molar-refractivity contribution < 1.29 is 22.7 Å². The van der Waals surface area contributed by atoms with E-state index < -0.39 is 23.1 Å². The van der Waals surface area contributed by atoms with Crippen molar-refractivity contribution in [3.63, 3.8) is 0 Å². The molecule has 0 aliphatic carbocycles. The Bertz CT molecular complexity index is 1480. The molecule has 1 amide bonds. The minimum absolute atomic E-state index is 0.0298. The number of amides is 1. The molecule has 2 fully saturated rings. The number of alkyl halides is 3. The smallest absolute Gasteiger partial charge is 0.379 e. The Labute approximate surface area is 254 Å². The molecule has 3 N–H and O–H groups in total. The number of halogens is 3. The zero-order valence-corrected chi connectivity index (χ0v) is 24.9. The van der Waals surface area contributed by atoms with E-state index in [-0.39, 0.29) is 61.9 Å². The van der Waals surface area contributed by atoms with Crippen LogP contribution in [-0.2, 0) is 29.4 Å². The quantitative estimate of drug-likeness (QED) is 0.196. The molecule has 10 nitrogen and oxygen atoms in total. The van der Waals surface area contributed by atoms with Gasteiger partial charge < -0.3 is 15.0 Å². The van der Waals surface area contributed by atoms with E-state index in [0.717, 1.165) is 32.3 Å². The number of amidine groups is 1. The molecule has 3 aliphatic heterocycles. The van der Waals surface area contributed by atoms with Gasteiger partial charge in [0.05, 0.1) is 44.2 Å². The van der Waals surface area contributed by atoms with Gasteiger partial charge in [0.2, 0.25) is 0 Å². The number of aromatic nitrogens is 1. The fraction of sp³-hybridized carbons (Fsp3) is 0.516. The molecule has 0 spiro atoms. The molecule has 2 saturated heterocycles. The number of likely N-dealkylation sites (tertiary alicyclic amines) is 1. The lowest BCUT2D eigenvalue weighted by molar-refractivity contribution is -0.138. The second-order valence-corrected chi connectivity index (χ2v) is 12.1. The molecule has 4 heterocycles. The summed E-state index contributed by atoms with van der Waals surface area (Å²) in [6, 6.07) is 8.29. The van der Waals surface area contributed by atoms with Gasteiger partial charge in [-0.05, 0) is 66.3 Å². The largest absolute Gasteiger partial charge is 0.416 e. The van der Waals surface area contributed by atoms with Gasteiger partial charge in [-0.1, -0.05) is 6.92 Å². The molecule has 1 aromatic heterocycles. The van der Waals surface area contributed by atoms with Crippen molar-refractivity contribution in [3.8, 4) is 6.07 Å². The molecule has 0 saturated carbocycles. The molecule has 3 aliphatic rings. The van der Waals surface area contributed by atoms with E-state index >= 15 is 0 Å². The number of nitrogens with one attached hydrogen (secondary N) is 3. The number of benzene rings is 1. The Morgan fingerprint density at radius 1 is 1.32 bits per heavy atom. The zero-order chi connectivity index (χ0) is 31.6. The Hall–Kier alpha value is -4.02. The molecule has 0 radical (unpaired) electrons. The second kappa shape index (κ2) is 12.5. The number of hydrogen-bond acceptors (Lipinski definition) is 8. The molecular weight excluding hydrogens is 573 g/mol. The van der Waals surface area contributed by atoms with Gasteiger partial charge in [-0.25, -0.2) is 4.98 Å². The third kappa shape index (κ3) is 6.42. The van der Waals surface area contributed by atoms with Crippen LogP contribution in [0.2, 0.25) is 0 Å². The minimum Gasteiger partial charge on any atom is -0.379 e. The zero-order valence-electron chi connectivity index (χ0n) is 24.9. The van der Waals surface area contributed by atoms with Crippen LogP contribution in [-0.4, -0.2) is 72.8 Å². The molecule has 1 atom stereocenters. The number of pyridine rings is 1. The number of hydrogen-bond donors (Lipinski definition) is 3. The number of fused-ring (bicyclic) bond motifs is 1. The summed E-state index contributed by atoms with van der Waals surface area (Å²) in [4.78, 5) is 23.2. The number of anilines is 2. The summed E-state index contributed by atoms with van der Waals surface area (Å²) in [6.07, 6.45) is -1.08. The van der Waals surface area contributed by atoms with Gasteiger partial charge in [-0.2, -0.15) is 18.4 Å². The van der Waals surface area contributed by atoms with Crippen molar-refractivity contribution in [1.29, 1.82) is 16.1 Å². The van der Waals surface area contributed by atoms with Crippen LogP contribution in [0.15, 0.2) is 24.3 Å². The Kier molecular flexibility index (Phi) is 8.95. The number of nitriles is 1. The predicted molar refractivity (Wildman–Crippen MR) is 160 cm³/mol. The molecule has 234 valence electrons. The highest BCUT2D eigenvalue weighted by atomic mass is 19.4. The monoisotopic (exact) mass is 610 g/mol. The van der Waals surface area contributed by atoms with Crippen molar-refractivity contribution >= 4 is 29.7 Å². The van der Waals surface area contributed by atoms with Crippen LogP contribution < -0.4 is 10.2 Å². The van der Waals surface area contributed by atoms with Crippen molar-refractivity contribution in [3.05, 3.63) is 52.1 Å². The summed E-state index contributed by atoms with van der Waals surface area (Å²) in [6.45, 7) is 4.65. The first-order valence-corrected chi connectivity index (χ1v) is 14.7. The fourth-order valence-corrected chi connectivity index (χ4v) is 6.23. The average molecular weight is 611 g/mol. The van der Waals surface area contributed by atoms with Crippen LogP contribution in [0, 0.1) is 28.1 Å². The third-order valence-corrected chi connectivity index (χ3v) is 8.68. The summed E-state index contributed by atoms with van der Waals surface area (Å²) >= 11 is 0. The van der Waals surface area contributed by atoms with E-state index in [4.69, 9.17) is 20.8 Å². The number of ether oxygens (including phenoxy) is 1. The van der Waals surface area contributed by atoms with Gasteiger partial charge in [-0.15, -0.1) is 0 Å². The van der Waals surface area contributed by atoms with Crippen molar-refractivity contribution in [2.24, 2.45) is 5.92 Å². The van der Waals surface area contributed by atoms with Crippen LogP contribution in [0.5, 0.6) is 0 Å². The highest BCUT2D eigenvalue weighted by molar-refractivity contribution is 6.10. The van der Waals surface area contributed by atoms with E-state index in [1.165, 1.54) is 15.9 Å². The summed E-state index contributed by atoms with van der Waals surface area (Å²) in [7, 11) is 1.61. The highest BCUT2D eigenvalue weighted by Crippen LogP contribution is 2.42. The van der Waals surface area contributed by atoms with E-state index in [1.54, 1.807) is 25.2 Å². The summed E-state index contributed by atoms with van der Waals surface area (Å²) in [5, 5.41) is 28.1. The second-order valence-electron chi connectivity index (χ2n) is 12.1. The molecule has 13 heteroatoms. The normalized spacial score (nSPS) is 19.6. The molecule has 0 bridgehead atoms. The van der Waals surface area contributed by atoms with Crippen LogP contribution in [0.3, 0.4) is 0 Å². The SMILES string of the molecule is C[C@H]1CCCN(Cc2cc3c(c(C(F)(F)F)c2)CN(c2cc(C4(CC(=N)N(C)C=N)COC4)cc(NCCC#N)n2)C3=O)C1. The first-order valence-electron chi connectivity index (χ1n) is 14.7. The van der Waals surface area contributed by atoms with Gasteiger partial charge in [-0.3, -0.25) is 25.4 Å². The maximum absolute atomic E-state index is 14.4. The lowest BCUT2D eigenvalue weighted by Gasteiger charge is -2.43. The van der Waals surface area contributed by atoms with E-state index in [2.05, 4.69) is 28.2 Å². The average Bonchev–Trinajstić information content (AvgIpc) is 3.29. The first-order chi connectivity index (χ1) is 20.9. The van der Waals surface area contributed by atoms with Crippen molar-refractivity contribution in [2.45, 2.75) is 57.3 Å². The topological polar surface area (TPSA) is 132 Å². The number of rotatable bonds is 10. The Morgan fingerprint density at radius 2 is 2.09 bits per heavy atom. The van der Waals surface area contributed by atoms with Gasteiger partial charge in [0.25, 0.3) is 5.91 Å². The maximum atomic E-state index is 14.4. The first kappa shape index (κ1) is 31.4. The Morgan fingerprint density at radius 3 is 2.73 bits per heavy atom. The summed E-state index contributed by atoms with van der Waals surface area (Å²) in [5.74, 6) is 0.648. The molecule has 5 rings (SSSR count). The fourth-order valence-electron chi connectivity index (χ4n) is 6.23. The van der Waals surface area contributed by atoms with Crippen LogP contribution in [0.1, 0.15) is 65.2 Å². The summed E-state index contributed by atoms with van der Waals surface area (Å²) < 4.78 is 48.7. The molecule has 2 aromatic rings. The van der Waals surface area contributed by atoms with Crippen LogP contribution in [0.4, 0.5) is 24.8 Å². The highest BCUT2D eigenvalue weighted by Gasteiger charge is 2.44. The minimum atomic E-state index is -4.64. The van der Waals surface area contributed by atoms with Crippen molar-refractivity contribution in [2.75, 3.05) is 50.1 Å². The number of piperidine rings is 1. The van der Waals surface area contributed by atoms with Gasteiger partial charge in [0.1, 0.15) is 17.5 Å². The Balaban J connectivity index is 1.51. The van der Waals surface area contributed by atoms with Crippen molar-refractivity contribution in [1.82, 2.24) is 14.8 Å². The number of carbonyl (C=O) groups excluding carboxylic acids is 1. The van der Waals surface area contributed by atoms with E-state index in [0.29, 0.717) is 29.4 Å². The lowest BCUT2D eigenvalue weighted by Crippen LogP contribution is -2.50. The number of carbonyl (C=O) groups is 1. The van der Waals surface area contributed by atoms with E-state index in [1.807, 2.05) is 0 Å². The lowest BCUT2D eigenvalue weighted by atomic mass is 9.75. The molecule has 0 unspecified atom stereocenters. The standard InChI is InChI=1S/C31H37F3N8O2/c1-20-5-3-8-41(14-20)15-21-9-23-24(25(10-21)31(32,33)34)16-42(29(23)43)28-12-22(11-27(39-28)38-7-4-6-35)30(17-44-18-30)13-26(37)40(2)19-36/h9-12,19-20,36-37H,3-5,7-8,13-18H2,1-2H3,(H,38,39)/t20-/m0/s1. The van der Waals surface area contributed by atoms with Gasteiger partial charge in [0.15, 0.2) is 0 Å². The number of nitrogens with zero attached hydrogens (tertiary/aromatic N) is 5. The third-order valence-electron chi connectivity index (χ3n) is 8.68. The van der Waals surface area contributed by atoms with Gasteiger partial charge >= 0.3 is 6.18 Å². The molecular formula is C31H37F3N8O2. The van der Waals surface area contributed by atoms with E-state index in [9.17, 15) is 18.0 Å².